The van der Waals surface area contributed by atoms with Crippen molar-refractivity contribution < 1.29 is 18.0 Å². The summed E-state index contributed by atoms with van der Waals surface area (Å²) >= 11 is 0. The lowest BCUT2D eigenvalue weighted by Gasteiger charge is -2.37. The van der Waals surface area contributed by atoms with E-state index < -0.39 is 18.5 Å². The molecule has 7 heteroatoms. The third-order valence-electron chi connectivity index (χ3n) is 4.91. The summed E-state index contributed by atoms with van der Waals surface area (Å²) in [4.78, 5) is 17.8. The Balaban J connectivity index is 1.92. The van der Waals surface area contributed by atoms with Crippen molar-refractivity contribution in [2.24, 2.45) is 11.7 Å². The van der Waals surface area contributed by atoms with Crippen molar-refractivity contribution >= 4 is 16.8 Å². The number of pyridine rings is 1. The molecule has 1 aliphatic heterocycles. The number of nitrogens with zero attached hydrogens (tertiary/aromatic N) is 2. The highest BCUT2D eigenvalue weighted by Gasteiger charge is 2.36. The number of halogens is 3. The van der Waals surface area contributed by atoms with E-state index in [0.29, 0.717) is 19.6 Å². The van der Waals surface area contributed by atoms with Gasteiger partial charge in [0.1, 0.15) is 6.42 Å². The molecule has 2 aromatic rings. The number of alkyl halides is 3. The number of aromatic nitrogens is 1. The van der Waals surface area contributed by atoms with Crippen molar-refractivity contribution in [1.82, 2.24) is 9.88 Å². The SMILES string of the molecule is CC1CC(c2ccc(CN)c3ncccc23)CN(C(=O)CC(F)(F)F)C1. The molecule has 1 aromatic heterocycles. The molecule has 2 atom stereocenters. The quantitative estimate of drug-likeness (QED) is 0.904. The molecular weight excluding hydrogens is 343 g/mol. The van der Waals surface area contributed by atoms with E-state index >= 15 is 0 Å². The number of carbonyl (C=O) groups excluding carboxylic acids is 1. The monoisotopic (exact) mass is 365 g/mol. The summed E-state index contributed by atoms with van der Waals surface area (Å²) in [6, 6.07) is 7.69. The number of hydrogen-bond donors (Lipinski definition) is 1. The van der Waals surface area contributed by atoms with E-state index in [9.17, 15) is 18.0 Å². The second-order valence-corrected chi connectivity index (χ2v) is 7.05. The lowest BCUT2D eigenvalue weighted by molar-refractivity contribution is -0.162. The van der Waals surface area contributed by atoms with Crippen LogP contribution >= 0.6 is 0 Å². The molecule has 1 aliphatic rings. The average molecular weight is 365 g/mol. The van der Waals surface area contributed by atoms with Crippen LogP contribution in [0.15, 0.2) is 30.5 Å². The molecule has 26 heavy (non-hydrogen) atoms. The number of amides is 1. The molecule has 2 unspecified atom stereocenters. The number of likely N-dealkylation sites (tertiary alicyclic amines) is 1. The van der Waals surface area contributed by atoms with E-state index in [1.165, 1.54) is 4.90 Å². The molecule has 0 bridgehead atoms. The molecule has 1 amide bonds. The lowest BCUT2D eigenvalue weighted by Crippen LogP contribution is -2.43. The summed E-state index contributed by atoms with van der Waals surface area (Å²) in [5.74, 6) is -0.739. The average Bonchev–Trinajstić information content (AvgIpc) is 2.58. The van der Waals surface area contributed by atoms with Gasteiger partial charge in [0.25, 0.3) is 0 Å². The van der Waals surface area contributed by atoms with Crippen LogP contribution in [0.5, 0.6) is 0 Å². The highest BCUT2D eigenvalue weighted by molar-refractivity contribution is 5.86. The predicted octanol–water partition coefficient (Wildman–Crippen LogP) is 3.60. The molecule has 1 aromatic carbocycles. The Morgan fingerprint density at radius 1 is 1.31 bits per heavy atom. The van der Waals surface area contributed by atoms with E-state index in [-0.39, 0.29) is 11.8 Å². The van der Waals surface area contributed by atoms with Crippen LogP contribution in [0.4, 0.5) is 13.2 Å². The van der Waals surface area contributed by atoms with Crippen molar-refractivity contribution in [3.05, 3.63) is 41.6 Å². The van der Waals surface area contributed by atoms with Gasteiger partial charge in [-0.25, -0.2) is 0 Å². The second-order valence-electron chi connectivity index (χ2n) is 7.05. The number of rotatable bonds is 3. The fraction of sp³-hybridized carbons (Fsp3) is 0.474. The predicted molar refractivity (Wildman–Crippen MR) is 93.4 cm³/mol. The van der Waals surface area contributed by atoms with Crippen molar-refractivity contribution in [1.29, 1.82) is 0 Å². The fourth-order valence-corrected chi connectivity index (χ4v) is 3.84. The van der Waals surface area contributed by atoms with Crippen LogP contribution in [-0.2, 0) is 11.3 Å². The first-order valence-corrected chi connectivity index (χ1v) is 8.69. The maximum Gasteiger partial charge on any atom is 0.397 e. The first kappa shape index (κ1) is 18.6. The number of piperidine rings is 1. The van der Waals surface area contributed by atoms with E-state index in [1.54, 1.807) is 6.20 Å². The minimum absolute atomic E-state index is 0.0190. The molecule has 1 fully saturated rings. The maximum absolute atomic E-state index is 12.6. The Hall–Kier alpha value is -2.15. The molecule has 0 spiro atoms. The van der Waals surface area contributed by atoms with Gasteiger partial charge in [0, 0.05) is 37.1 Å². The van der Waals surface area contributed by atoms with Gasteiger partial charge in [-0.15, -0.1) is 0 Å². The van der Waals surface area contributed by atoms with Gasteiger partial charge in [0.15, 0.2) is 0 Å². The Morgan fingerprint density at radius 3 is 2.77 bits per heavy atom. The van der Waals surface area contributed by atoms with E-state index in [1.807, 2.05) is 31.2 Å². The highest BCUT2D eigenvalue weighted by Crippen LogP contribution is 2.35. The first-order valence-electron chi connectivity index (χ1n) is 8.69. The standard InChI is InChI=1S/C19H22F3N3O/c1-12-7-14(11-25(10-12)17(26)8-19(20,21)22)15-5-4-13(9-23)18-16(15)3-2-6-24-18/h2-6,12,14H,7-11,23H2,1H3. The van der Waals surface area contributed by atoms with Gasteiger partial charge in [0.05, 0.1) is 5.52 Å². The van der Waals surface area contributed by atoms with Crippen LogP contribution in [-0.4, -0.2) is 35.1 Å². The number of carbonyl (C=O) groups is 1. The van der Waals surface area contributed by atoms with Crippen molar-refractivity contribution in [3.63, 3.8) is 0 Å². The maximum atomic E-state index is 12.6. The first-order chi connectivity index (χ1) is 12.3. The zero-order valence-electron chi connectivity index (χ0n) is 14.6. The smallest absolute Gasteiger partial charge is 0.342 e. The van der Waals surface area contributed by atoms with Gasteiger partial charge in [-0.05, 0) is 29.5 Å². The van der Waals surface area contributed by atoms with Gasteiger partial charge in [-0.1, -0.05) is 25.1 Å². The second kappa shape index (κ2) is 7.23. The van der Waals surface area contributed by atoms with Crippen molar-refractivity contribution in [2.45, 2.75) is 38.4 Å². The normalized spacial score (nSPS) is 21.2. The van der Waals surface area contributed by atoms with Gasteiger partial charge >= 0.3 is 6.18 Å². The zero-order valence-corrected chi connectivity index (χ0v) is 14.6. The molecular formula is C19H22F3N3O. The van der Waals surface area contributed by atoms with Gasteiger partial charge in [0.2, 0.25) is 5.91 Å². The minimum atomic E-state index is -4.48. The third kappa shape index (κ3) is 3.98. The van der Waals surface area contributed by atoms with E-state index in [0.717, 1.165) is 28.5 Å². The summed E-state index contributed by atoms with van der Waals surface area (Å²) in [5, 5.41) is 0.956. The van der Waals surface area contributed by atoms with Gasteiger partial charge < -0.3 is 10.6 Å². The number of fused-ring (bicyclic) bond motifs is 1. The van der Waals surface area contributed by atoms with E-state index in [2.05, 4.69) is 4.98 Å². The summed E-state index contributed by atoms with van der Waals surface area (Å²) < 4.78 is 37.8. The van der Waals surface area contributed by atoms with Crippen LogP contribution < -0.4 is 5.73 Å². The van der Waals surface area contributed by atoms with Crippen LogP contribution in [0, 0.1) is 5.92 Å². The summed E-state index contributed by atoms with van der Waals surface area (Å²) in [6.07, 6.45) is -3.36. The zero-order chi connectivity index (χ0) is 18.9. The third-order valence-corrected chi connectivity index (χ3v) is 4.91. The van der Waals surface area contributed by atoms with Crippen molar-refractivity contribution in [3.8, 4) is 0 Å². The Labute approximate surface area is 150 Å². The fourth-order valence-electron chi connectivity index (χ4n) is 3.84. The van der Waals surface area contributed by atoms with E-state index in [4.69, 9.17) is 5.73 Å². The van der Waals surface area contributed by atoms with Crippen molar-refractivity contribution in [2.75, 3.05) is 13.1 Å². The molecule has 4 nitrogen and oxygen atoms in total. The highest BCUT2D eigenvalue weighted by atomic mass is 19.4. The molecule has 140 valence electrons. The van der Waals surface area contributed by atoms with Crippen LogP contribution in [0.25, 0.3) is 10.9 Å². The molecule has 0 aliphatic carbocycles. The number of benzene rings is 1. The van der Waals surface area contributed by atoms with Crippen LogP contribution in [0.2, 0.25) is 0 Å². The Bertz CT molecular complexity index is 806. The molecule has 0 radical (unpaired) electrons. The molecule has 2 heterocycles. The molecule has 1 saturated heterocycles. The van der Waals surface area contributed by atoms with Gasteiger partial charge in [-0.2, -0.15) is 13.2 Å². The summed E-state index contributed by atoms with van der Waals surface area (Å²) in [7, 11) is 0. The Kier molecular flexibility index (Phi) is 5.18. The van der Waals surface area contributed by atoms with Gasteiger partial charge in [-0.3, -0.25) is 9.78 Å². The Morgan fingerprint density at radius 2 is 2.08 bits per heavy atom. The lowest BCUT2D eigenvalue weighted by atomic mass is 9.83. The molecule has 3 rings (SSSR count). The largest absolute Gasteiger partial charge is 0.397 e. The minimum Gasteiger partial charge on any atom is -0.342 e. The topological polar surface area (TPSA) is 59.2 Å². The number of hydrogen-bond acceptors (Lipinski definition) is 3. The number of nitrogens with two attached hydrogens (primary N) is 1. The molecule has 0 saturated carbocycles. The van der Waals surface area contributed by atoms with Crippen LogP contribution in [0.1, 0.15) is 36.8 Å². The summed E-state index contributed by atoms with van der Waals surface area (Å²) in [6.45, 7) is 2.99. The summed E-state index contributed by atoms with van der Waals surface area (Å²) in [5.41, 5.74) is 8.55. The molecule has 2 N–H and O–H groups in total. The van der Waals surface area contributed by atoms with Crippen LogP contribution in [0.3, 0.4) is 0 Å².